The molecular formula is C25H40O4. The number of rotatable bonds is 4. The lowest BCUT2D eigenvalue weighted by molar-refractivity contribution is -0.204. The van der Waals surface area contributed by atoms with Gasteiger partial charge in [-0.3, -0.25) is 0 Å². The first kappa shape index (κ1) is 20.5. The summed E-state index contributed by atoms with van der Waals surface area (Å²) in [5.41, 5.74) is 1.05. The molecular weight excluding hydrogens is 364 g/mol. The van der Waals surface area contributed by atoms with E-state index >= 15 is 0 Å². The highest BCUT2D eigenvalue weighted by Crippen LogP contribution is 2.67. The molecule has 1 heterocycles. The largest absolute Gasteiger partial charge is 0.389 e. The van der Waals surface area contributed by atoms with Crippen molar-refractivity contribution in [3.63, 3.8) is 0 Å². The summed E-state index contributed by atoms with van der Waals surface area (Å²) < 4.78 is 17.4. The molecule has 1 aliphatic heterocycles. The lowest BCUT2D eigenvalue weighted by Gasteiger charge is -2.63. The van der Waals surface area contributed by atoms with Gasteiger partial charge in [0.25, 0.3) is 0 Å². The molecule has 0 spiro atoms. The second-order valence-electron chi connectivity index (χ2n) is 11.3. The van der Waals surface area contributed by atoms with Crippen LogP contribution >= 0.6 is 0 Å². The smallest absolute Gasteiger partial charge is 0.181 e. The van der Waals surface area contributed by atoms with Crippen LogP contribution < -0.4 is 0 Å². The van der Waals surface area contributed by atoms with Crippen molar-refractivity contribution in [1.82, 2.24) is 0 Å². The van der Waals surface area contributed by atoms with Crippen LogP contribution in [0, 0.1) is 28.6 Å². The Balaban J connectivity index is 1.23. The fourth-order valence-corrected chi connectivity index (χ4v) is 8.21. The van der Waals surface area contributed by atoms with Crippen molar-refractivity contribution < 1.29 is 19.3 Å². The van der Waals surface area contributed by atoms with Gasteiger partial charge in [0.05, 0.1) is 31.5 Å². The summed E-state index contributed by atoms with van der Waals surface area (Å²) in [5.74, 6) is 1.93. The second-order valence-corrected chi connectivity index (χ2v) is 11.3. The molecule has 0 bridgehead atoms. The first-order chi connectivity index (χ1) is 13.9. The minimum atomic E-state index is -0.406. The SMILES string of the molecule is C=C(CO[C@H]1CC[C@@]2(C)C(CC[C@@H]3[C@@H]2CC[C@]2(C)CCC[C@]32O)C1)C1OCCO1. The highest BCUT2D eigenvalue weighted by molar-refractivity contribution is 5.14. The summed E-state index contributed by atoms with van der Waals surface area (Å²) in [6.45, 7) is 10.9. The summed E-state index contributed by atoms with van der Waals surface area (Å²) in [6.07, 6.45) is 12.0. The number of hydrogen-bond donors (Lipinski definition) is 1. The van der Waals surface area contributed by atoms with Gasteiger partial charge in [0, 0.05) is 5.57 Å². The van der Waals surface area contributed by atoms with Crippen LogP contribution in [0.15, 0.2) is 12.2 Å². The molecule has 4 saturated carbocycles. The zero-order chi connectivity index (χ0) is 20.3. The lowest BCUT2D eigenvalue weighted by atomic mass is 9.44. The summed E-state index contributed by atoms with van der Waals surface area (Å²) in [5, 5.41) is 11.8. The minimum absolute atomic E-state index is 0.169. The number of fused-ring (bicyclic) bond motifs is 5. The minimum Gasteiger partial charge on any atom is -0.389 e. The molecule has 4 aliphatic carbocycles. The maximum Gasteiger partial charge on any atom is 0.181 e. The lowest BCUT2D eigenvalue weighted by Crippen LogP contribution is -2.61. The quantitative estimate of drug-likeness (QED) is 0.681. The molecule has 29 heavy (non-hydrogen) atoms. The van der Waals surface area contributed by atoms with E-state index in [1.165, 1.54) is 44.9 Å². The Morgan fingerprint density at radius 1 is 1.00 bits per heavy atom. The molecule has 5 fully saturated rings. The highest BCUT2D eigenvalue weighted by atomic mass is 16.7. The van der Waals surface area contributed by atoms with E-state index in [-0.39, 0.29) is 11.7 Å². The first-order valence-electron chi connectivity index (χ1n) is 12.1. The van der Waals surface area contributed by atoms with E-state index in [1.807, 2.05) is 0 Å². The molecule has 1 N–H and O–H groups in total. The molecule has 0 aromatic rings. The van der Waals surface area contributed by atoms with Crippen LogP contribution in [0.25, 0.3) is 0 Å². The van der Waals surface area contributed by atoms with Crippen LogP contribution in [0.5, 0.6) is 0 Å². The van der Waals surface area contributed by atoms with Crippen molar-refractivity contribution in [2.24, 2.45) is 28.6 Å². The van der Waals surface area contributed by atoms with Crippen molar-refractivity contribution in [3.05, 3.63) is 12.2 Å². The highest BCUT2D eigenvalue weighted by Gasteiger charge is 2.64. The van der Waals surface area contributed by atoms with Gasteiger partial charge in [-0.1, -0.05) is 20.4 Å². The monoisotopic (exact) mass is 404 g/mol. The maximum absolute atomic E-state index is 11.8. The average Bonchev–Trinajstić information content (AvgIpc) is 3.34. The molecule has 1 saturated heterocycles. The Hall–Kier alpha value is -0.420. The molecule has 5 rings (SSSR count). The summed E-state index contributed by atoms with van der Waals surface area (Å²) in [6, 6.07) is 0. The van der Waals surface area contributed by atoms with E-state index in [9.17, 15) is 5.11 Å². The summed E-state index contributed by atoms with van der Waals surface area (Å²) >= 11 is 0. The Morgan fingerprint density at radius 2 is 1.79 bits per heavy atom. The fourth-order valence-electron chi connectivity index (χ4n) is 8.21. The van der Waals surface area contributed by atoms with E-state index in [2.05, 4.69) is 20.4 Å². The predicted octanol–water partition coefficient (Wildman–Crippen LogP) is 4.85. The Morgan fingerprint density at radius 3 is 2.59 bits per heavy atom. The van der Waals surface area contributed by atoms with Crippen LogP contribution in [0.4, 0.5) is 0 Å². The van der Waals surface area contributed by atoms with Gasteiger partial charge in [-0.05, 0) is 92.8 Å². The van der Waals surface area contributed by atoms with E-state index in [0.717, 1.165) is 30.8 Å². The number of ether oxygens (including phenoxy) is 3. The standard InChI is InChI=1S/C25H40O4/c1-17(22-27-13-14-28-22)16-29-19-7-12-24(3)18(15-19)5-6-21-20(24)8-11-23(2)9-4-10-25(21,23)26/h18-22,26H,1,4-16H2,2-3H3/t18?,19-,20-,21+,23-,24-,25-/m0/s1. The second kappa shape index (κ2) is 7.32. The normalized spacial score (nSPS) is 50.0. The maximum atomic E-state index is 11.8. The topological polar surface area (TPSA) is 47.9 Å². The Kier molecular flexibility index (Phi) is 5.17. The van der Waals surface area contributed by atoms with Crippen molar-refractivity contribution >= 4 is 0 Å². The van der Waals surface area contributed by atoms with Gasteiger partial charge in [-0.15, -0.1) is 0 Å². The van der Waals surface area contributed by atoms with Crippen LogP contribution in [0.3, 0.4) is 0 Å². The molecule has 0 aromatic carbocycles. The van der Waals surface area contributed by atoms with Crippen molar-refractivity contribution in [1.29, 1.82) is 0 Å². The predicted molar refractivity (Wildman–Crippen MR) is 112 cm³/mol. The van der Waals surface area contributed by atoms with Crippen molar-refractivity contribution in [3.8, 4) is 0 Å². The molecule has 164 valence electrons. The third-order valence-corrected chi connectivity index (χ3v) is 10.1. The van der Waals surface area contributed by atoms with Crippen LogP contribution in [0.2, 0.25) is 0 Å². The summed E-state index contributed by atoms with van der Waals surface area (Å²) in [7, 11) is 0. The first-order valence-corrected chi connectivity index (χ1v) is 12.1. The molecule has 4 heteroatoms. The van der Waals surface area contributed by atoms with Gasteiger partial charge in [0.1, 0.15) is 0 Å². The molecule has 0 aromatic heterocycles. The molecule has 4 nitrogen and oxygen atoms in total. The van der Waals surface area contributed by atoms with Gasteiger partial charge in [-0.25, -0.2) is 0 Å². The Labute approximate surface area is 176 Å². The number of hydrogen-bond acceptors (Lipinski definition) is 4. The fraction of sp³-hybridized carbons (Fsp3) is 0.920. The third-order valence-electron chi connectivity index (χ3n) is 10.1. The van der Waals surface area contributed by atoms with Gasteiger partial charge in [-0.2, -0.15) is 0 Å². The van der Waals surface area contributed by atoms with Crippen LogP contribution in [-0.2, 0) is 14.2 Å². The molecule has 0 radical (unpaired) electrons. The van der Waals surface area contributed by atoms with Crippen molar-refractivity contribution in [2.75, 3.05) is 19.8 Å². The molecule has 5 aliphatic rings. The Bertz CT molecular complexity index is 643. The van der Waals surface area contributed by atoms with Gasteiger partial charge < -0.3 is 19.3 Å². The zero-order valence-electron chi connectivity index (χ0n) is 18.5. The molecule has 0 amide bonds. The van der Waals surface area contributed by atoms with Crippen LogP contribution in [-0.4, -0.2) is 42.9 Å². The summed E-state index contributed by atoms with van der Waals surface area (Å²) in [4.78, 5) is 0. The molecule has 7 atom stereocenters. The number of aliphatic hydroxyl groups is 1. The van der Waals surface area contributed by atoms with Gasteiger partial charge in [0.15, 0.2) is 6.29 Å². The van der Waals surface area contributed by atoms with Crippen LogP contribution in [0.1, 0.15) is 78.1 Å². The van der Waals surface area contributed by atoms with Crippen molar-refractivity contribution in [2.45, 2.75) is 96.1 Å². The zero-order valence-corrected chi connectivity index (χ0v) is 18.5. The van der Waals surface area contributed by atoms with Gasteiger partial charge >= 0.3 is 0 Å². The van der Waals surface area contributed by atoms with E-state index in [1.54, 1.807) is 0 Å². The van der Waals surface area contributed by atoms with E-state index in [0.29, 0.717) is 43.2 Å². The average molecular weight is 405 g/mol. The molecule has 1 unspecified atom stereocenters. The van der Waals surface area contributed by atoms with E-state index in [4.69, 9.17) is 14.2 Å². The third kappa shape index (κ3) is 3.16. The van der Waals surface area contributed by atoms with Gasteiger partial charge in [0.2, 0.25) is 0 Å². The van der Waals surface area contributed by atoms with E-state index < -0.39 is 5.60 Å².